The zero-order chi connectivity index (χ0) is 70.7. The maximum Gasteiger partial charge on any atom is 0.310 e. The fourth-order valence-corrected chi connectivity index (χ4v) is 13.9. The van der Waals surface area contributed by atoms with Crippen molar-refractivity contribution in [2.45, 2.75) is 96.7 Å². The zero-order valence-electron chi connectivity index (χ0n) is 58.4. The second-order valence-electron chi connectivity index (χ2n) is 25.7. The highest BCUT2D eigenvalue weighted by atomic mass is 32.2. The first-order valence-corrected chi connectivity index (χ1v) is 37.1. The predicted octanol–water partition coefficient (Wildman–Crippen LogP) is -0.237. The summed E-state index contributed by atoms with van der Waals surface area (Å²) in [7, 11) is 2.60. The van der Waals surface area contributed by atoms with Crippen molar-refractivity contribution >= 4 is 82.7 Å². The minimum absolute atomic E-state index is 0.0971. The van der Waals surface area contributed by atoms with Crippen LogP contribution in [0, 0.1) is 23.7 Å². The molecule has 0 radical (unpaired) electrons. The van der Waals surface area contributed by atoms with Crippen LogP contribution in [0.2, 0.25) is 0 Å². The molecule has 4 aliphatic heterocycles. The van der Waals surface area contributed by atoms with Gasteiger partial charge in [-0.1, -0.05) is 26.0 Å². The Bertz CT molecular complexity index is 2280. The molecular formula is C67H116N12O16S2. The zero-order valence-corrected chi connectivity index (χ0v) is 60.1. The number of hydrogen-bond donors (Lipinski definition) is 6. The normalized spacial score (nSPS) is 18.7. The van der Waals surface area contributed by atoms with Gasteiger partial charge in [0.25, 0.3) is 0 Å². The number of carbonyl (C=O) groups excluding carboxylic acids is 10. The van der Waals surface area contributed by atoms with Gasteiger partial charge in [-0.2, -0.15) is 23.5 Å². The van der Waals surface area contributed by atoms with Crippen LogP contribution in [0.5, 0.6) is 0 Å². The minimum Gasteiger partial charge on any atom is -0.469 e. The number of thioether (sulfide) groups is 2. The third-order valence-corrected chi connectivity index (χ3v) is 19.4. The Hall–Kier alpha value is -5.44. The minimum atomic E-state index is -0.709. The quantitative estimate of drug-likeness (QED) is 0.0260. The van der Waals surface area contributed by atoms with E-state index in [1.807, 2.05) is 26.0 Å². The summed E-state index contributed by atoms with van der Waals surface area (Å²) < 4.78 is 21.2. The number of nitrogens with zero attached hydrogens (tertiary/aromatic N) is 8. The summed E-state index contributed by atoms with van der Waals surface area (Å²) in [4.78, 5) is 140. The van der Waals surface area contributed by atoms with E-state index in [4.69, 9.17) is 18.9 Å². The molecule has 6 atom stereocenters. The molecule has 0 spiro atoms. The van der Waals surface area contributed by atoms with Crippen molar-refractivity contribution in [1.29, 1.82) is 0 Å². The number of aliphatic hydroxyl groups excluding tert-OH is 2. The summed E-state index contributed by atoms with van der Waals surface area (Å²) in [5.41, 5.74) is 0. The molecule has 28 nitrogen and oxygen atoms in total. The van der Waals surface area contributed by atoms with Crippen LogP contribution >= 0.6 is 23.5 Å². The molecule has 4 heterocycles. The van der Waals surface area contributed by atoms with Crippen molar-refractivity contribution in [3.05, 3.63) is 25.3 Å². The second-order valence-corrected chi connectivity index (χ2v) is 28.2. The molecule has 8 amide bonds. The van der Waals surface area contributed by atoms with E-state index in [0.717, 1.165) is 48.9 Å². The summed E-state index contributed by atoms with van der Waals surface area (Å²) in [6, 6.07) is 0. The molecule has 0 aromatic heterocycles. The van der Waals surface area contributed by atoms with E-state index in [1.165, 1.54) is 14.2 Å². The Kier molecular flexibility index (Phi) is 42.6. The predicted molar refractivity (Wildman–Crippen MR) is 373 cm³/mol. The second kappa shape index (κ2) is 49.2. The molecule has 0 aromatic rings. The van der Waals surface area contributed by atoms with Crippen LogP contribution in [0.15, 0.2) is 25.3 Å². The summed E-state index contributed by atoms with van der Waals surface area (Å²) in [6.07, 6.45) is 6.67. The first-order valence-electron chi connectivity index (χ1n) is 34.8. The lowest BCUT2D eigenvalue weighted by molar-refractivity contribution is -0.145. The van der Waals surface area contributed by atoms with E-state index in [9.17, 15) is 58.2 Å². The van der Waals surface area contributed by atoms with Gasteiger partial charge in [-0.25, -0.2) is 0 Å². The molecule has 0 bridgehead atoms. The third-order valence-electron chi connectivity index (χ3n) is 17.3. The van der Waals surface area contributed by atoms with E-state index in [-0.39, 0.29) is 125 Å². The summed E-state index contributed by atoms with van der Waals surface area (Å²) in [5, 5.41) is 33.4. The summed E-state index contributed by atoms with van der Waals surface area (Å²) >= 11 is 3.55. The van der Waals surface area contributed by atoms with Gasteiger partial charge in [-0.3, -0.25) is 57.7 Å². The molecule has 0 saturated carbocycles. The fraction of sp³-hybridized carbons (Fsp3) is 0.791. The third kappa shape index (κ3) is 35.9. The summed E-state index contributed by atoms with van der Waals surface area (Å²) in [6.45, 7) is 24.3. The van der Waals surface area contributed by atoms with Gasteiger partial charge < -0.3 is 79.8 Å². The monoisotopic (exact) mass is 1410 g/mol. The molecule has 4 aliphatic rings. The lowest BCUT2D eigenvalue weighted by Crippen LogP contribution is -2.39. The van der Waals surface area contributed by atoms with Gasteiger partial charge in [0, 0.05) is 220 Å². The maximum absolute atomic E-state index is 12.9. The number of nitrogens with one attached hydrogen (secondary N) is 4. The van der Waals surface area contributed by atoms with E-state index in [2.05, 4.69) is 54.0 Å². The number of ether oxygens (including phenoxy) is 4. The van der Waals surface area contributed by atoms with Crippen LogP contribution < -0.4 is 21.3 Å². The molecule has 97 heavy (non-hydrogen) atoms. The van der Waals surface area contributed by atoms with Gasteiger partial charge in [0.2, 0.25) is 47.3 Å². The number of methoxy groups -OCH3 is 2. The highest BCUT2D eigenvalue weighted by molar-refractivity contribution is 7.99. The number of esters is 2. The van der Waals surface area contributed by atoms with Crippen molar-refractivity contribution < 1.29 is 77.1 Å². The lowest BCUT2D eigenvalue weighted by Gasteiger charge is -2.24. The molecule has 4 rings (SSSR count). The number of carbonyl (C=O) groups is 10. The molecule has 6 N–H and O–H groups in total. The molecule has 0 aliphatic carbocycles. The average Bonchev–Trinajstić information content (AvgIpc) is 1.77. The van der Waals surface area contributed by atoms with Gasteiger partial charge >= 0.3 is 11.9 Å². The first kappa shape index (κ1) is 84.0. The van der Waals surface area contributed by atoms with Crippen LogP contribution in [0.25, 0.3) is 0 Å². The SMILES string of the molecule is C=CCN(CCCSCCN(CCC(=O)NCCN1CC(C)CC1=O)CCC(=O)NCCN1CC(C(=O)OC)CC1=O)CC(O)COCCCOCC(O)CN(CC=C)CCCSCCN(CCC(=O)NCCN1CC(C)CC1=O)CCC(=O)NCCN1CC(C(=O)OC)CC1=O. The number of rotatable bonds is 56. The van der Waals surface area contributed by atoms with E-state index >= 15 is 0 Å². The first-order chi connectivity index (χ1) is 46.7. The van der Waals surface area contributed by atoms with Gasteiger partial charge in [0.05, 0.1) is 51.5 Å². The molecule has 4 fully saturated rings. The molecular weight excluding hydrogens is 1290 g/mol. The molecule has 30 heteroatoms. The fourth-order valence-electron chi connectivity index (χ4n) is 12.0. The highest BCUT2D eigenvalue weighted by Crippen LogP contribution is 2.21. The number of hydrogen-bond acceptors (Lipinski definition) is 22. The topological polar surface area (TPSA) is 322 Å². The molecule has 4 saturated heterocycles. The van der Waals surface area contributed by atoms with Crippen LogP contribution in [-0.4, -0.2) is 342 Å². The van der Waals surface area contributed by atoms with Gasteiger partial charge in [-0.15, -0.1) is 13.2 Å². The number of aliphatic hydroxyl groups is 2. The maximum atomic E-state index is 12.9. The number of amides is 8. The van der Waals surface area contributed by atoms with Crippen molar-refractivity contribution in [2.24, 2.45) is 23.7 Å². The van der Waals surface area contributed by atoms with Crippen LogP contribution in [-0.2, 0) is 66.9 Å². The van der Waals surface area contributed by atoms with Crippen LogP contribution in [0.1, 0.15) is 84.5 Å². The standard InChI is InChI=1S/C67H116N12O16S2/c1-7-20-74(22-9-36-96-38-32-72(24-12-58(82)68-16-28-76-44-52(3)40-62(76)86)26-14-60(84)70-18-30-78-46-54(42-64(78)88)66(90)92-5)48-56(80)50-94-34-11-35-95-51-57(81)49-75(21-8-2)23-10-37-97-39-33-73(25-13-59(83)69-17-29-77-45-53(4)41-63(77)87)27-15-61(85)71-19-31-79-47-55(43-65(79)89)67(91)93-6/h7-8,52-57,80-81H,1-2,9-51H2,3-6H3,(H,68,82)(H,69,83)(H,70,84)(H,71,85). The number of likely N-dealkylation sites (tertiary alicyclic amines) is 4. The smallest absolute Gasteiger partial charge is 0.310 e. The van der Waals surface area contributed by atoms with Crippen molar-refractivity contribution in [3.8, 4) is 0 Å². The Morgan fingerprint density at radius 1 is 0.485 bits per heavy atom. The highest BCUT2D eigenvalue weighted by Gasteiger charge is 2.36. The van der Waals surface area contributed by atoms with Crippen molar-refractivity contribution in [2.75, 3.05) is 221 Å². The Labute approximate surface area is 584 Å². The van der Waals surface area contributed by atoms with Crippen LogP contribution in [0.4, 0.5) is 0 Å². The Morgan fingerprint density at radius 3 is 1.12 bits per heavy atom. The lowest BCUT2D eigenvalue weighted by atomic mass is 10.1. The van der Waals surface area contributed by atoms with Gasteiger partial charge in [0.15, 0.2) is 0 Å². The van der Waals surface area contributed by atoms with E-state index in [0.29, 0.717) is 162 Å². The Balaban J connectivity index is 1.07. The largest absolute Gasteiger partial charge is 0.469 e. The molecule has 0 aromatic carbocycles. The van der Waals surface area contributed by atoms with E-state index < -0.39 is 36.0 Å². The van der Waals surface area contributed by atoms with Gasteiger partial charge in [-0.05, 0) is 55.7 Å². The van der Waals surface area contributed by atoms with Crippen molar-refractivity contribution in [3.63, 3.8) is 0 Å². The molecule has 552 valence electrons. The Morgan fingerprint density at radius 2 is 0.814 bits per heavy atom. The van der Waals surface area contributed by atoms with E-state index in [1.54, 1.807) is 43.1 Å². The molecule has 6 unspecified atom stereocenters. The van der Waals surface area contributed by atoms with Crippen molar-refractivity contribution in [1.82, 2.24) is 60.5 Å². The van der Waals surface area contributed by atoms with Crippen LogP contribution in [0.3, 0.4) is 0 Å². The van der Waals surface area contributed by atoms with Gasteiger partial charge in [0.1, 0.15) is 0 Å². The summed E-state index contributed by atoms with van der Waals surface area (Å²) in [5.74, 6) is 1.38. The average molecular weight is 1410 g/mol.